The molecule has 112 valence electrons. The first-order valence-corrected chi connectivity index (χ1v) is 6.65. The van der Waals surface area contributed by atoms with Crippen molar-refractivity contribution in [3.8, 4) is 5.75 Å². The zero-order valence-corrected chi connectivity index (χ0v) is 11.8. The van der Waals surface area contributed by atoms with E-state index in [4.69, 9.17) is 4.74 Å². The molecule has 0 unspecified atom stereocenters. The normalized spacial score (nSPS) is 13.4. The first kappa shape index (κ1) is 14.1. The number of ether oxygens (including phenoxy) is 1. The summed E-state index contributed by atoms with van der Waals surface area (Å²) in [4.78, 5) is 25.3. The number of hydrogen-bond donors (Lipinski definition) is 1. The number of rotatable bonds is 2. The van der Waals surface area contributed by atoms with Crippen molar-refractivity contribution < 1.29 is 18.7 Å². The minimum absolute atomic E-state index is 0.0235. The van der Waals surface area contributed by atoms with Crippen LogP contribution in [0.1, 0.15) is 10.4 Å². The van der Waals surface area contributed by atoms with Gasteiger partial charge in [0.2, 0.25) is 0 Å². The number of anilines is 2. The number of carbonyl (C=O) groups excluding carboxylic acids is 2. The van der Waals surface area contributed by atoms with Crippen LogP contribution in [0.2, 0.25) is 0 Å². The summed E-state index contributed by atoms with van der Waals surface area (Å²) in [5.41, 5.74) is 0.926. The maximum Gasteiger partial charge on any atom is 0.264 e. The molecule has 2 aromatic rings. The third-order valence-corrected chi connectivity index (χ3v) is 3.43. The summed E-state index contributed by atoms with van der Waals surface area (Å²) in [5, 5.41) is 2.50. The molecule has 0 atom stereocenters. The average molecular weight is 300 g/mol. The number of likely N-dealkylation sites (N-methyl/N-ethyl adjacent to an activating group) is 1. The van der Waals surface area contributed by atoms with Gasteiger partial charge in [0, 0.05) is 12.6 Å². The molecule has 0 saturated carbocycles. The lowest BCUT2D eigenvalue weighted by Crippen LogP contribution is -2.35. The Hall–Kier alpha value is -2.89. The Bertz CT molecular complexity index is 761. The molecule has 3 rings (SSSR count). The van der Waals surface area contributed by atoms with Crippen LogP contribution >= 0.6 is 0 Å². The fourth-order valence-electron chi connectivity index (χ4n) is 2.17. The zero-order valence-electron chi connectivity index (χ0n) is 11.8. The van der Waals surface area contributed by atoms with E-state index >= 15 is 0 Å². The van der Waals surface area contributed by atoms with Crippen LogP contribution in [-0.2, 0) is 4.79 Å². The standard InChI is InChI=1S/C16H13FN2O3/c1-19-13-8-10(6-7-14(13)22-9-15(19)20)16(21)18-12-5-3-2-4-11(12)17/h2-8H,9H2,1H3,(H,18,21). The lowest BCUT2D eigenvalue weighted by Gasteiger charge is -2.26. The van der Waals surface area contributed by atoms with Crippen LogP contribution in [0.3, 0.4) is 0 Å². The van der Waals surface area contributed by atoms with E-state index < -0.39 is 11.7 Å². The monoisotopic (exact) mass is 300 g/mol. The van der Waals surface area contributed by atoms with Gasteiger partial charge in [0.25, 0.3) is 11.8 Å². The van der Waals surface area contributed by atoms with Crippen molar-refractivity contribution >= 4 is 23.2 Å². The van der Waals surface area contributed by atoms with E-state index in [9.17, 15) is 14.0 Å². The van der Waals surface area contributed by atoms with E-state index in [1.54, 1.807) is 37.4 Å². The lowest BCUT2D eigenvalue weighted by molar-refractivity contribution is -0.120. The van der Waals surface area contributed by atoms with Crippen molar-refractivity contribution in [2.24, 2.45) is 0 Å². The van der Waals surface area contributed by atoms with Crippen molar-refractivity contribution in [3.05, 3.63) is 53.8 Å². The van der Waals surface area contributed by atoms with Gasteiger partial charge in [-0.05, 0) is 30.3 Å². The molecule has 0 spiro atoms. The van der Waals surface area contributed by atoms with Crippen molar-refractivity contribution in [1.82, 2.24) is 0 Å². The molecule has 0 aliphatic carbocycles. The molecule has 1 heterocycles. The molecule has 1 aliphatic rings. The van der Waals surface area contributed by atoms with E-state index in [1.165, 1.54) is 17.0 Å². The van der Waals surface area contributed by atoms with Crippen LogP contribution in [-0.4, -0.2) is 25.5 Å². The molecule has 22 heavy (non-hydrogen) atoms. The topological polar surface area (TPSA) is 58.6 Å². The Morgan fingerprint density at radius 1 is 1.27 bits per heavy atom. The SMILES string of the molecule is CN1C(=O)COc2ccc(C(=O)Nc3ccccc3F)cc21. The van der Waals surface area contributed by atoms with Gasteiger partial charge in [-0.3, -0.25) is 9.59 Å². The van der Waals surface area contributed by atoms with E-state index in [0.29, 0.717) is 17.0 Å². The highest BCUT2D eigenvalue weighted by Crippen LogP contribution is 2.32. The van der Waals surface area contributed by atoms with Gasteiger partial charge in [0.1, 0.15) is 11.6 Å². The molecule has 0 aromatic heterocycles. The van der Waals surface area contributed by atoms with Crippen LogP contribution < -0.4 is 15.0 Å². The lowest BCUT2D eigenvalue weighted by atomic mass is 10.1. The van der Waals surface area contributed by atoms with Crippen molar-refractivity contribution in [3.63, 3.8) is 0 Å². The maximum atomic E-state index is 13.6. The second kappa shape index (κ2) is 5.48. The fourth-order valence-corrected chi connectivity index (χ4v) is 2.17. The van der Waals surface area contributed by atoms with Crippen LogP contribution in [0.5, 0.6) is 5.75 Å². The van der Waals surface area contributed by atoms with E-state index in [0.717, 1.165) is 0 Å². The first-order chi connectivity index (χ1) is 10.6. The number of amides is 2. The number of nitrogens with zero attached hydrogens (tertiary/aromatic N) is 1. The summed E-state index contributed by atoms with van der Waals surface area (Å²) in [5.74, 6) is -0.632. The molecule has 2 aromatic carbocycles. The van der Waals surface area contributed by atoms with Crippen molar-refractivity contribution in [1.29, 1.82) is 0 Å². The molecule has 1 N–H and O–H groups in total. The third kappa shape index (κ3) is 2.50. The highest BCUT2D eigenvalue weighted by molar-refractivity contribution is 6.06. The van der Waals surface area contributed by atoms with E-state index in [2.05, 4.69) is 5.32 Å². The second-order valence-corrected chi connectivity index (χ2v) is 4.86. The predicted octanol–water partition coefficient (Wildman–Crippen LogP) is 2.43. The Kier molecular flexibility index (Phi) is 3.50. The fraction of sp³-hybridized carbons (Fsp3) is 0.125. The van der Waals surface area contributed by atoms with Gasteiger partial charge in [-0.1, -0.05) is 12.1 Å². The third-order valence-electron chi connectivity index (χ3n) is 3.43. The van der Waals surface area contributed by atoms with Gasteiger partial charge < -0.3 is 15.0 Å². The van der Waals surface area contributed by atoms with E-state index in [-0.39, 0.29) is 18.2 Å². The molecule has 0 saturated heterocycles. The number of fused-ring (bicyclic) bond motifs is 1. The largest absolute Gasteiger partial charge is 0.482 e. The molecule has 0 fully saturated rings. The maximum absolute atomic E-state index is 13.6. The summed E-state index contributed by atoms with van der Waals surface area (Å²) in [6, 6.07) is 10.6. The first-order valence-electron chi connectivity index (χ1n) is 6.65. The Morgan fingerprint density at radius 3 is 2.82 bits per heavy atom. The van der Waals surface area contributed by atoms with Gasteiger partial charge in [-0.15, -0.1) is 0 Å². The molecule has 2 amide bonds. The quantitative estimate of drug-likeness (QED) is 0.926. The van der Waals surface area contributed by atoms with Crippen LogP contribution in [0, 0.1) is 5.82 Å². The van der Waals surface area contributed by atoms with Gasteiger partial charge in [0.05, 0.1) is 11.4 Å². The summed E-state index contributed by atoms with van der Waals surface area (Å²) >= 11 is 0. The molecule has 0 radical (unpaired) electrons. The molecule has 0 bridgehead atoms. The smallest absolute Gasteiger partial charge is 0.264 e. The van der Waals surface area contributed by atoms with E-state index in [1.807, 2.05) is 0 Å². The van der Waals surface area contributed by atoms with Crippen LogP contribution in [0.4, 0.5) is 15.8 Å². The molecule has 5 nitrogen and oxygen atoms in total. The summed E-state index contributed by atoms with van der Waals surface area (Å²) in [7, 11) is 1.61. The molecular weight excluding hydrogens is 287 g/mol. The Balaban J connectivity index is 1.88. The van der Waals surface area contributed by atoms with Crippen molar-refractivity contribution in [2.45, 2.75) is 0 Å². The van der Waals surface area contributed by atoms with Crippen molar-refractivity contribution in [2.75, 3.05) is 23.9 Å². The van der Waals surface area contributed by atoms with Gasteiger partial charge in [-0.25, -0.2) is 4.39 Å². The number of hydrogen-bond acceptors (Lipinski definition) is 3. The highest BCUT2D eigenvalue weighted by Gasteiger charge is 2.23. The molecule has 6 heteroatoms. The van der Waals surface area contributed by atoms with Crippen LogP contribution in [0.25, 0.3) is 0 Å². The van der Waals surface area contributed by atoms with Gasteiger partial charge in [-0.2, -0.15) is 0 Å². The van der Waals surface area contributed by atoms with Gasteiger partial charge in [0.15, 0.2) is 6.61 Å². The highest BCUT2D eigenvalue weighted by atomic mass is 19.1. The molecule has 1 aliphatic heterocycles. The number of benzene rings is 2. The number of nitrogens with one attached hydrogen (secondary N) is 1. The summed E-state index contributed by atoms with van der Waals surface area (Å²) in [6.07, 6.45) is 0. The molecular formula is C16H13FN2O3. The van der Waals surface area contributed by atoms with Crippen LogP contribution in [0.15, 0.2) is 42.5 Å². The minimum Gasteiger partial charge on any atom is -0.482 e. The predicted molar refractivity (Wildman–Crippen MR) is 79.7 cm³/mol. The zero-order chi connectivity index (χ0) is 15.7. The second-order valence-electron chi connectivity index (χ2n) is 4.86. The Morgan fingerprint density at radius 2 is 2.05 bits per heavy atom. The summed E-state index contributed by atoms with van der Waals surface area (Å²) in [6.45, 7) is -0.0235. The summed E-state index contributed by atoms with van der Waals surface area (Å²) < 4.78 is 18.9. The number of carbonyl (C=O) groups is 2. The number of para-hydroxylation sites is 1. The number of halogens is 1. The average Bonchev–Trinajstić information content (AvgIpc) is 2.53. The Labute approximate surface area is 126 Å². The minimum atomic E-state index is -0.510. The van der Waals surface area contributed by atoms with Gasteiger partial charge >= 0.3 is 0 Å².